The molecule has 1 nitrogen and oxygen atoms in total. The molecule has 0 aromatic carbocycles. The average Bonchev–Trinajstić information content (AvgIpc) is 2.22. The first kappa shape index (κ1) is 9.11. The van der Waals surface area contributed by atoms with Crippen LogP contribution in [0.3, 0.4) is 0 Å². The maximum atomic E-state index is 5.45. The molecule has 1 heteroatoms. The Kier molecular flexibility index (Phi) is 2.61. The molecule has 0 aromatic rings. The van der Waals surface area contributed by atoms with Gasteiger partial charge < -0.3 is 4.74 Å². The highest BCUT2D eigenvalue weighted by Crippen LogP contribution is 2.47. The number of fused-ring (bicyclic) bond motifs is 3. The van der Waals surface area contributed by atoms with Crippen LogP contribution in [0.2, 0.25) is 0 Å². The summed E-state index contributed by atoms with van der Waals surface area (Å²) < 4.78 is 5.45. The molecule has 3 aliphatic carbocycles. The minimum Gasteiger partial charge on any atom is -0.501 e. The summed E-state index contributed by atoms with van der Waals surface area (Å²) in [5.74, 6) is 3.92. The molecule has 3 fully saturated rings. The highest BCUT2D eigenvalue weighted by molar-refractivity contribution is 5.04. The van der Waals surface area contributed by atoms with Crippen molar-refractivity contribution in [2.45, 2.75) is 39.0 Å². The molecule has 1 atom stereocenters. The molecule has 2 bridgehead atoms. The van der Waals surface area contributed by atoms with Gasteiger partial charge in [-0.2, -0.15) is 0 Å². The van der Waals surface area contributed by atoms with Gasteiger partial charge in [0.2, 0.25) is 0 Å². The fraction of sp³-hybridized carbons (Fsp3) is 0.833. The fourth-order valence-electron chi connectivity index (χ4n) is 3.21. The van der Waals surface area contributed by atoms with Crippen LogP contribution >= 0.6 is 0 Å². The Morgan fingerprint density at radius 1 is 1.23 bits per heavy atom. The molecular formula is C12H20O. The van der Waals surface area contributed by atoms with Crippen LogP contribution in [0.4, 0.5) is 0 Å². The van der Waals surface area contributed by atoms with Crippen LogP contribution in [-0.2, 0) is 4.74 Å². The Morgan fingerprint density at radius 2 is 1.92 bits per heavy atom. The Hall–Kier alpha value is -0.460. The first-order valence-electron chi connectivity index (χ1n) is 5.55. The number of methoxy groups -OCH3 is 1. The fourth-order valence-corrected chi connectivity index (χ4v) is 3.21. The summed E-state index contributed by atoms with van der Waals surface area (Å²) in [5.41, 5.74) is 0. The van der Waals surface area contributed by atoms with Crippen LogP contribution in [0.15, 0.2) is 11.8 Å². The van der Waals surface area contributed by atoms with Crippen molar-refractivity contribution in [1.82, 2.24) is 0 Å². The summed E-state index contributed by atoms with van der Waals surface area (Å²) in [7, 11) is 1.82. The molecule has 0 aromatic heterocycles. The average molecular weight is 180 g/mol. The lowest BCUT2D eigenvalue weighted by Crippen LogP contribution is -2.32. The van der Waals surface area contributed by atoms with Gasteiger partial charge in [0.25, 0.3) is 0 Å². The van der Waals surface area contributed by atoms with Gasteiger partial charge in [0.05, 0.1) is 12.9 Å². The number of ether oxygens (including phenoxy) is 1. The van der Waals surface area contributed by atoms with Crippen LogP contribution in [-0.4, -0.2) is 7.11 Å². The van der Waals surface area contributed by atoms with Crippen molar-refractivity contribution >= 4 is 0 Å². The van der Waals surface area contributed by atoms with Crippen LogP contribution in [0.25, 0.3) is 0 Å². The number of hydrogen-bond donors (Lipinski definition) is 0. The third-order valence-electron chi connectivity index (χ3n) is 3.93. The predicted octanol–water partition coefficient (Wildman–Crippen LogP) is 3.36. The van der Waals surface area contributed by atoms with Gasteiger partial charge in [-0.05, 0) is 44.1 Å². The van der Waals surface area contributed by atoms with Crippen LogP contribution in [0.1, 0.15) is 39.0 Å². The lowest BCUT2D eigenvalue weighted by atomic mass is 9.64. The maximum Gasteiger partial charge on any atom is 0.0946 e. The largest absolute Gasteiger partial charge is 0.501 e. The SMILES string of the molecule is C/C=C(\OC)[C@@H]1CC2CCC1CC2. The molecule has 0 saturated heterocycles. The first-order chi connectivity index (χ1) is 6.35. The minimum absolute atomic E-state index is 0.752. The van der Waals surface area contributed by atoms with E-state index in [1.54, 1.807) is 0 Å². The van der Waals surface area contributed by atoms with Gasteiger partial charge in [-0.15, -0.1) is 0 Å². The maximum absolute atomic E-state index is 5.45. The zero-order chi connectivity index (χ0) is 9.26. The van der Waals surface area contributed by atoms with E-state index in [0.717, 1.165) is 17.8 Å². The molecule has 0 aliphatic heterocycles. The van der Waals surface area contributed by atoms with Crippen molar-refractivity contribution in [2.75, 3.05) is 7.11 Å². The van der Waals surface area contributed by atoms with E-state index in [1.807, 2.05) is 7.11 Å². The van der Waals surface area contributed by atoms with Gasteiger partial charge in [-0.3, -0.25) is 0 Å². The quantitative estimate of drug-likeness (QED) is 0.592. The Morgan fingerprint density at radius 3 is 2.31 bits per heavy atom. The van der Waals surface area contributed by atoms with E-state index < -0.39 is 0 Å². The summed E-state index contributed by atoms with van der Waals surface area (Å²) in [4.78, 5) is 0. The molecular weight excluding hydrogens is 160 g/mol. The van der Waals surface area contributed by atoms with E-state index in [9.17, 15) is 0 Å². The van der Waals surface area contributed by atoms with E-state index in [2.05, 4.69) is 13.0 Å². The van der Waals surface area contributed by atoms with Crippen LogP contribution in [0.5, 0.6) is 0 Å². The molecule has 3 rings (SSSR count). The first-order valence-corrected chi connectivity index (χ1v) is 5.55. The second-order valence-electron chi connectivity index (χ2n) is 4.52. The van der Waals surface area contributed by atoms with Crippen molar-refractivity contribution in [1.29, 1.82) is 0 Å². The smallest absolute Gasteiger partial charge is 0.0946 e. The van der Waals surface area contributed by atoms with Gasteiger partial charge in [0.1, 0.15) is 0 Å². The topological polar surface area (TPSA) is 9.23 Å². The molecule has 0 radical (unpaired) electrons. The van der Waals surface area contributed by atoms with E-state index in [4.69, 9.17) is 4.74 Å². The third kappa shape index (κ3) is 1.61. The molecule has 0 unspecified atom stereocenters. The van der Waals surface area contributed by atoms with Crippen molar-refractivity contribution in [3.05, 3.63) is 11.8 Å². The Bertz CT molecular complexity index is 199. The predicted molar refractivity (Wildman–Crippen MR) is 54.3 cm³/mol. The number of hydrogen-bond acceptors (Lipinski definition) is 1. The Balaban J connectivity index is 2.08. The molecule has 0 heterocycles. The standard InChI is InChI=1S/C12H20O/c1-3-12(13-2)11-8-9-4-6-10(11)7-5-9/h3,9-11H,4-8H2,1-2H3/b12-3-/t9?,10?,11-/m1/s1. The summed E-state index contributed by atoms with van der Waals surface area (Å²) >= 11 is 0. The number of allylic oxidation sites excluding steroid dienone is 2. The Labute approximate surface area is 81.2 Å². The second kappa shape index (κ2) is 3.73. The molecule has 0 spiro atoms. The van der Waals surface area contributed by atoms with Gasteiger partial charge >= 0.3 is 0 Å². The monoisotopic (exact) mass is 180 g/mol. The van der Waals surface area contributed by atoms with Gasteiger partial charge in [0, 0.05) is 5.92 Å². The van der Waals surface area contributed by atoms with E-state index in [0.29, 0.717) is 0 Å². The van der Waals surface area contributed by atoms with E-state index >= 15 is 0 Å². The van der Waals surface area contributed by atoms with Gasteiger partial charge in [0.15, 0.2) is 0 Å². The lowest BCUT2D eigenvalue weighted by Gasteiger charge is -2.42. The minimum atomic E-state index is 0.752. The lowest BCUT2D eigenvalue weighted by molar-refractivity contribution is 0.0793. The van der Waals surface area contributed by atoms with Crippen molar-refractivity contribution < 1.29 is 4.74 Å². The summed E-state index contributed by atoms with van der Waals surface area (Å²) in [6.07, 6.45) is 9.37. The highest BCUT2D eigenvalue weighted by Gasteiger charge is 2.37. The van der Waals surface area contributed by atoms with Crippen LogP contribution in [0, 0.1) is 17.8 Å². The van der Waals surface area contributed by atoms with Crippen molar-refractivity contribution in [3.63, 3.8) is 0 Å². The molecule has 74 valence electrons. The number of rotatable bonds is 2. The van der Waals surface area contributed by atoms with E-state index in [1.165, 1.54) is 37.9 Å². The van der Waals surface area contributed by atoms with Crippen LogP contribution < -0.4 is 0 Å². The molecule has 0 N–H and O–H groups in total. The molecule has 13 heavy (non-hydrogen) atoms. The summed E-state index contributed by atoms with van der Waals surface area (Å²) in [6.45, 7) is 2.10. The summed E-state index contributed by atoms with van der Waals surface area (Å²) in [6, 6.07) is 0. The zero-order valence-electron chi connectivity index (χ0n) is 8.75. The van der Waals surface area contributed by atoms with E-state index in [-0.39, 0.29) is 0 Å². The van der Waals surface area contributed by atoms with Crippen molar-refractivity contribution in [3.8, 4) is 0 Å². The summed E-state index contributed by atoms with van der Waals surface area (Å²) in [5, 5.41) is 0. The van der Waals surface area contributed by atoms with Gasteiger partial charge in [-0.1, -0.05) is 12.8 Å². The molecule has 3 saturated carbocycles. The molecule has 0 amide bonds. The highest BCUT2D eigenvalue weighted by atomic mass is 16.5. The molecule has 3 aliphatic rings. The second-order valence-corrected chi connectivity index (χ2v) is 4.52. The van der Waals surface area contributed by atoms with Crippen molar-refractivity contribution in [2.24, 2.45) is 17.8 Å². The third-order valence-corrected chi connectivity index (χ3v) is 3.93. The normalized spacial score (nSPS) is 39.2. The van der Waals surface area contributed by atoms with Gasteiger partial charge in [-0.25, -0.2) is 0 Å². The zero-order valence-corrected chi connectivity index (χ0v) is 8.75.